The normalized spacial score (nSPS) is 10.7. The van der Waals surface area contributed by atoms with E-state index in [0.29, 0.717) is 16.4 Å². The molecule has 2 heterocycles. The summed E-state index contributed by atoms with van der Waals surface area (Å²) in [4.78, 5) is 25.2. The maximum atomic E-state index is 12.8. The number of nitrogens with one attached hydrogen (secondary N) is 1. The Morgan fingerprint density at radius 3 is 2.65 bits per heavy atom. The highest BCUT2D eigenvalue weighted by Gasteiger charge is 2.17. The molecule has 0 saturated heterocycles. The van der Waals surface area contributed by atoms with Crippen molar-refractivity contribution in [3.63, 3.8) is 0 Å². The largest absolute Gasteiger partial charge is 0.351 e. The number of hydrogen-bond acceptors (Lipinski definition) is 5. The number of amides is 1. The molecule has 9 heteroatoms. The highest BCUT2D eigenvalue weighted by atomic mass is 35.5. The van der Waals surface area contributed by atoms with E-state index in [1.807, 2.05) is 0 Å². The molecule has 8 nitrogen and oxygen atoms in total. The topological polar surface area (TPSA) is 108 Å². The Morgan fingerprint density at radius 1 is 1.31 bits per heavy atom. The van der Waals surface area contributed by atoms with E-state index in [1.54, 1.807) is 42.2 Å². The first kappa shape index (κ1) is 17.8. The van der Waals surface area contributed by atoms with Gasteiger partial charge in [-0.05, 0) is 18.2 Å². The quantitative estimate of drug-likeness (QED) is 0.694. The second-order valence-electron chi connectivity index (χ2n) is 5.58. The van der Waals surface area contributed by atoms with Crippen molar-refractivity contribution in [2.24, 2.45) is 12.8 Å². The van der Waals surface area contributed by atoms with E-state index < -0.39 is 11.5 Å². The van der Waals surface area contributed by atoms with Gasteiger partial charge in [0.05, 0.1) is 18.1 Å². The monoisotopic (exact) mass is 372 g/mol. The Labute approximate surface area is 154 Å². The Morgan fingerprint density at radius 2 is 2.04 bits per heavy atom. The molecular weight excluding hydrogens is 356 g/mol. The predicted molar refractivity (Wildman–Crippen MR) is 98.4 cm³/mol. The van der Waals surface area contributed by atoms with Gasteiger partial charge in [0.2, 0.25) is 0 Å². The molecule has 0 fully saturated rings. The second-order valence-corrected chi connectivity index (χ2v) is 6.02. The molecule has 0 bridgehead atoms. The molecule has 0 unspecified atom stereocenters. The Bertz CT molecular complexity index is 993. The van der Waals surface area contributed by atoms with Gasteiger partial charge >= 0.3 is 0 Å². The summed E-state index contributed by atoms with van der Waals surface area (Å²) >= 11 is 5.93. The van der Waals surface area contributed by atoms with E-state index in [2.05, 4.69) is 15.5 Å². The van der Waals surface area contributed by atoms with Crippen LogP contribution in [0, 0.1) is 0 Å². The molecule has 0 saturated carbocycles. The number of nitrogens with zero attached hydrogens (tertiary/aromatic N) is 4. The summed E-state index contributed by atoms with van der Waals surface area (Å²) in [6, 6.07) is 8.43. The average molecular weight is 373 g/mol. The molecule has 1 amide bonds. The molecule has 0 aliphatic heterocycles. The minimum absolute atomic E-state index is 0.0257. The number of hydrogen-bond donors (Lipinski definition) is 2. The van der Waals surface area contributed by atoms with Crippen molar-refractivity contribution in [3.8, 4) is 16.9 Å². The number of aryl methyl sites for hydroxylation is 1. The summed E-state index contributed by atoms with van der Waals surface area (Å²) in [6.45, 7) is 0.543. The van der Waals surface area contributed by atoms with Crippen LogP contribution in [0.4, 0.5) is 0 Å². The Hall–Kier alpha value is -2.97. The fourth-order valence-electron chi connectivity index (χ4n) is 2.39. The molecule has 0 aliphatic carbocycles. The van der Waals surface area contributed by atoms with Gasteiger partial charge in [-0.25, -0.2) is 0 Å². The molecule has 2 aromatic heterocycles. The van der Waals surface area contributed by atoms with Crippen LogP contribution in [-0.2, 0) is 7.05 Å². The van der Waals surface area contributed by atoms with Crippen LogP contribution in [0.2, 0.25) is 5.02 Å². The molecule has 0 radical (unpaired) electrons. The van der Waals surface area contributed by atoms with Crippen molar-refractivity contribution in [2.45, 2.75) is 0 Å². The van der Waals surface area contributed by atoms with Gasteiger partial charge < -0.3 is 11.1 Å². The minimum Gasteiger partial charge on any atom is -0.351 e. The molecule has 0 atom stereocenters. The summed E-state index contributed by atoms with van der Waals surface area (Å²) in [5, 5.41) is 11.6. The standard InChI is InChI=1S/C17H17ClN6O2/c1-23-10-13(9-21-23)24-17(26)14(16(25)20-7-6-19)8-15(22-24)11-2-4-12(18)5-3-11/h2-5,8-10H,6-7,19H2,1H3,(H,20,25). The smallest absolute Gasteiger partial charge is 0.284 e. The van der Waals surface area contributed by atoms with E-state index in [4.69, 9.17) is 17.3 Å². The fourth-order valence-corrected chi connectivity index (χ4v) is 2.52. The number of carbonyl (C=O) groups is 1. The molecule has 0 aliphatic rings. The van der Waals surface area contributed by atoms with E-state index >= 15 is 0 Å². The van der Waals surface area contributed by atoms with Crippen LogP contribution in [0.3, 0.4) is 0 Å². The van der Waals surface area contributed by atoms with Crippen molar-refractivity contribution in [2.75, 3.05) is 13.1 Å². The van der Waals surface area contributed by atoms with Crippen LogP contribution in [-0.4, -0.2) is 38.6 Å². The fraction of sp³-hybridized carbons (Fsp3) is 0.176. The maximum Gasteiger partial charge on any atom is 0.284 e. The van der Waals surface area contributed by atoms with Crippen LogP contribution in [0.25, 0.3) is 16.9 Å². The summed E-state index contributed by atoms with van der Waals surface area (Å²) < 4.78 is 2.71. The first-order valence-corrected chi connectivity index (χ1v) is 8.25. The van der Waals surface area contributed by atoms with Crippen LogP contribution in [0.15, 0.2) is 47.5 Å². The third-order valence-corrected chi connectivity index (χ3v) is 3.91. The molecule has 3 rings (SSSR count). The highest BCUT2D eigenvalue weighted by molar-refractivity contribution is 6.30. The summed E-state index contributed by atoms with van der Waals surface area (Å²) in [7, 11) is 1.73. The zero-order chi connectivity index (χ0) is 18.7. The Balaban J connectivity index is 2.17. The van der Waals surface area contributed by atoms with Crippen LogP contribution in [0.5, 0.6) is 0 Å². The van der Waals surface area contributed by atoms with Crippen LogP contribution in [0.1, 0.15) is 10.4 Å². The first-order valence-electron chi connectivity index (χ1n) is 7.87. The lowest BCUT2D eigenvalue weighted by Crippen LogP contribution is -2.36. The van der Waals surface area contributed by atoms with Crippen molar-refractivity contribution in [1.82, 2.24) is 24.9 Å². The van der Waals surface area contributed by atoms with Crippen molar-refractivity contribution in [1.29, 1.82) is 0 Å². The van der Waals surface area contributed by atoms with Gasteiger partial charge in [-0.3, -0.25) is 14.3 Å². The van der Waals surface area contributed by atoms with Crippen molar-refractivity contribution >= 4 is 17.5 Å². The zero-order valence-corrected chi connectivity index (χ0v) is 14.8. The van der Waals surface area contributed by atoms with E-state index in [1.165, 1.54) is 12.3 Å². The molecule has 26 heavy (non-hydrogen) atoms. The molecule has 3 aromatic rings. The highest BCUT2D eigenvalue weighted by Crippen LogP contribution is 2.20. The maximum absolute atomic E-state index is 12.8. The second kappa shape index (κ2) is 7.51. The SMILES string of the molecule is Cn1cc(-n2nc(-c3ccc(Cl)cc3)cc(C(=O)NCCN)c2=O)cn1. The van der Waals surface area contributed by atoms with Gasteiger partial charge in [0, 0.05) is 30.7 Å². The van der Waals surface area contributed by atoms with Crippen molar-refractivity contribution < 1.29 is 4.79 Å². The zero-order valence-electron chi connectivity index (χ0n) is 14.0. The van der Waals surface area contributed by atoms with Gasteiger partial charge in [0.15, 0.2) is 0 Å². The van der Waals surface area contributed by atoms with Gasteiger partial charge in [-0.1, -0.05) is 23.7 Å². The lowest BCUT2D eigenvalue weighted by molar-refractivity contribution is 0.0952. The molecular formula is C17H17ClN6O2. The summed E-state index contributed by atoms with van der Waals surface area (Å²) in [6.07, 6.45) is 3.14. The van der Waals surface area contributed by atoms with E-state index in [0.717, 1.165) is 10.2 Å². The molecule has 3 N–H and O–H groups in total. The third kappa shape index (κ3) is 3.66. The van der Waals surface area contributed by atoms with Crippen LogP contribution < -0.4 is 16.6 Å². The lowest BCUT2D eigenvalue weighted by atomic mass is 10.1. The van der Waals surface area contributed by atoms with Crippen LogP contribution >= 0.6 is 11.6 Å². The first-order chi connectivity index (χ1) is 12.5. The molecule has 134 valence electrons. The van der Waals surface area contributed by atoms with Gasteiger partial charge in [-0.15, -0.1) is 0 Å². The molecule has 0 spiro atoms. The average Bonchev–Trinajstić information content (AvgIpc) is 3.06. The predicted octanol–water partition coefficient (Wildman–Crippen LogP) is 0.975. The lowest BCUT2D eigenvalue weighted by Gasteiger charge is -2.10. The Kier molecular flexibility index (Phi) is 5.15. The number of halogens is 1. The summed E-state index contributed by atoms with van der Waals surface area (Å²) in [5.74, 6) is -0.504. The third-order valence-electron chi connectivity index (χ3n) is 3.66. The van der Waals surface area contributed by atoms with Crippen molar-refractivity contribution in [3.05, 3.63) is 63.7 Å². The van der Waals surface area contributed by atoms with E-state index in [-0.39, 0.29) is 18.7 Å². The van der Waals surface area contributed by atoms with Gasteiger partial charge in [-0.2, -0.15) is 14.9 Å². The number of aromatic nitrogens is 4. The van der Waals surface area contributed by atoms with E-state index in [9.17, 15) is 9.59 Å². The summed E-state index contributed by atoms with van der Waals surface area (Å²) in [5.41, 5.74) is 6.50. The van der Waals surface area contributed by atoms with Gasteiger partial charge in [0.1, 0.15) is 11.3 Å². The number of carbonyl (C=O) groups excluding carboxylic acids is 1. The number of benzene rings is 1. The molecule has 1 aromatic carbocycles. The number of nitrogens with two attached hydrogens (primary N) is 1. The number of rotatable bonds is 5. The van der Waals surface area contributed by atoms with Gasteiger partial charge in [0.25, 0.3) is 11.5 Å². The minimum atomic E-state index is -0.537.